The van der Waals surface area contributed by atoms with Gasteiger partial charge in [0.2, 0.25) is 12.2 Å². The lowest BCUT2D eigenvalue weighted by Crippen LogP contribution is -2.69. The van der Waals surface area contributed by atoms with Crippen molar-refractivity contribution in [2.24, 2.45) is 39.4 Å². The summed E-state index contributed by atoms with van der Waals surface area (Å²) < 4.78 is 5.59. The molecule has 5 aromatic carbocycles. The average molecular weight is 973 g/mol. The molecule has 5 unspecified atom stereocenters. The van der Waals surface area contributed by atoms with Crippen molar-refractivity contribution < 1.29 is 43.1 Å². The zero-order chi connectivity index (χ0) is 52.3. The first kappa shape index (κ1) is 54.8. The minimum absolute atomic E-state index is 0.0203. The molecule has 1 aliphatic rings. The number of carbonyl (C=O) groups excluding carboxylic acids is 8. The van der Waals surface area contributed by atoms with Crippen LogP contribution >= 0.6 is 0 Å². The summed E-state index contributed by atoms with van der Waals surface area (Å²) in [4.78, 5) is 128. The van der Waals surface area contributed by atoms with E-state index >= 15 is 24.0 Å². The molecule has 0 aromatic heterocycles. The summed E-state index contributed by atoms with van der Waals surface area (Å²) in [5.41, 5.74) is -6.50. The predicted octanol–water partition coefficient (Wildman–Crippen LogP) is 9.99. The van der Waals surface area contributed by atoms with Crippen LogP contribution in [0.5, 0.6) is 0 Å². The Bertz CT molecular complexity index is 2720. The van der Waals surface area contributed by atoms with E-state index in [9.17, 15) is 14.4 Å². The van der Waals surface area contributed by atoms with Gasteiger partial charge in [0, 0.05) is 67.4 Å². The highest BCUT2D eigenvalue weighted by Crippen LogP contribution is 2.54. The maximum Gasteiger partial charge on any atom is 0.223 e. The van der Waals surface area contributed by atoms with Gasteiger partial charge in [-0.05, 0) is 58.7 Å². The monoisotopic (exact) mass is 973 g/mol. The Hall–Kier alpha value is -6.52. The number of morpholine rings is 1. The second-order valence-electron chi connectivity index (χ2n) is 21.6. The number of rotatable bonds is 24. The second kappa shape index (κ2) is 23.8. The lowest BCUT2D eigenvalue weighted by molar-refractivity contribution is -0.169. The molecule has 5 aromatic rings. The molecule has 1 aliphatic heterocycles. The van der Waals surface area contributed by atoms with Crippen LogP contribution in [0.3, 0.4) is 0 Å². The molecule has 5 atom stereocenters. The molecular formula is C62H70NO9. The number of hydrogen-bond acceptors (Lipinski definition) is 9. The number of hydrogen-bond donors (Lipinski definition) is 0. The molecule has 1 amide bonds. The Balaban J connectivity index is 1.77. The highest BCUT2D eigenvalue weighted by Gasteiger charge is 2.72. The van der Waals surface area contributed by atoms with Crippen LogP contribution in [0.25, 0.3) is 10.8 Å². The van der Waals surface area contributed by atoms with E-state index < -0.39 is 94.1 Å². The molecule has 72 heavy (non-hydrogen) atoms. The van der Waals surface area contributed by atoms with Gasteiger partial charge in [-0.25, -0.2) is 0 Å². The molecule has 1 saturated heterocycles. The predicted molar refractivity (Wildman–Crippen MR) is 280 cm³/mol. The molecular weight excluding hydrogens is 903 g/mol. The van der Waals surface area contributed by atoms with Crippen LogP contribution in [0.4, 0.5) is 0 Å². The summed E-state index contributed by atoms with van der Waals surface area (Å²) >= 11 is 0. The molecule has 0 spiro atoms. The number of fused-ring (bicyclic) bond motifs is 1. The van der Waals surface area contributed by atoms with Crippen molar-refractivity contribution in [3.8, 4) is 0 Å². The van der Waals surface area contributed by atoms with Crippen LogP contribution in [0.1, 0.15) is 96.4 Å². The van der Waals surface area contributed by atoms with Gasteiger partial charge in [0.05, 0.1) is 13.2 Å². The van der Waals surface area contributed by atoms with E-state index in [2.05, 4.69) is 6.29 Å². The number of ether oxygens (including phenoxy) is 1. The van der Waals surface area contributed by atoms with Crippen molar-refractivity contribution in [3.05, 3.63) is 156 Å². The van der Waals surface area contributed by atoms with Gasteiger partial charge in [0.1, 0.15) is 17.0 Å². The van der Waals surface area contributed by atoms with E-state index in [0.717, 1.165) is 10.8 Å². The third-order valence-electron chi connectivity index (χ3n) is 14.3. The van der Waals surface area contributed by atoms with Crippen LogP contribution in [0.2, 0.25) is 0 Å². The van der Waals surface area contributed by atoms with Crippen LogP contribution < -0.4 is 0 Å². The summed E-state index contributed by atoms with van der Waals surface area (Å²) in [5, 5.41) is 1.61. The Kier molecular flexibility index (Phi) is 18.1. The van der Waals surface area contributed by atoms with Crippen LogP contribution in [0, 0.1) is 39.4 Å². The van der Waals surface area contributed by atoms with E-state index in [0.29, 0.717) is 22.3 Å². The quantitative estimate of drug-likeness (QED) is 0.0551. The minimum Gasteiger partial charge on any atom is -0.378 e. The Morgan fingerprint density at radius 1 is 0.556 bits per heavy atom. The van der Waals surface area contributed by atoms with Crippen LogP contribution in [0.15, 0.2) is 133 Å². The molecule has 1 heterocycles. The topological polar surface area (TPSA) is 149 Å². The van der Waals surface area contributed by atoms with Crippen molar-refractivity contribution >= 4 is 57.7 Å². The molecule has 0 bridgehead atoms. The number of benzene rings is 5. The van der Waals surface area contributed by atoms with Gasteiger partial charge in [-0.15, -0.1) is 0 Å². The zero-order valence-electron chi connectivity index (χ0n) is 43.0. The largest absolute Gasteiger partial charge is 0.378 e. The molecule has 0 aliphatic carbocycles. The van der Waals surface area contributed by atoms with E-state index in [1.165, 1.54) is 0 Å². The summed E-state index contributed by atoms with van der Waals surface area (Å²) in [5.74, 6) is -9.45. The van der Waals surface area contributed by atoms with Gasteiger partial charge >= 0.3 is 0 Å². The van der Waals surface area contributed by atoms with Crippen LogP contribution in [-0.2, 0) is 68.8 Å². The molecule has 6 rings (SSSR count). The van der Waals surface area contributed by atoms with E-state index in [1.54, 1.807) is 138 Å². The summed E-state index contributed by atoms with van der Waals surface area (Å²) in [6, 6.07) is 39.4. The maximum absolute atomic E-state index is 17.3. The van der Waals surface area contributed by atoms with Crippen LogP contribution in [-0.4, -0.2) is 78.1 Å². The van der Waals surface area contributed by atoms with Crippen molar-refractivity contribution in [2.45, 2.75) is 99.8 Å². The van der Waals surface area contributed by atoms with Crippen molar-refractivity contribution in [1.29, 1.82) is 0 Å². The highest BCUT2D eigenvalue weighted by atomic mass is 16.5. The fraction of sp³-hybridized carbons (Fsp3) is 0.419. The molecule has 10 heteroatoms. The third-order valence-corrected chi connectivity index (χ3v) is 14.3. The lowest BCUT2D eigenvalue weighted by atomic mass is 9.46. The maximum atomic E-state index is 17.3. The van der Waals surface area contributed by atoms with Gasteiger partial charge < -0.3 is 9.64 Å². The van der Waals surface area contributed by atoms with Gasteiger partial charge in [0.15, 0.2) is 28.5 Å². The molecule has 1 radical (unpaired) electrons. The zero-order valence-corrected chi connectivity index (χ0v) is 43.0. The molecule has 377 valence electrons. The van der Waals surface area contributed by atoms with Gasteiger partial charge in [-0.3, -0.25) is 38.4 Å². The number of nitrogens with zero attached hydrogens (tertiary/aromatic N) is 1. The fourth-order valence-electron chi connectivity index (χ4n) is 10.4. The molecule has 0 N–H and O–H groups in total. The SMILES string of the molecule is CCC(=O)CC(Cc1ccccc1)C(=O)C(C(=O)C(CC(=O)N1CCOCC1)Cc1cccc2ccccc12)(C(=O)C(C)(C)C)C([C]=O)(Cc1ccccc1)C(=O)C(CC(=O)C(C)(C)C)Cc1ccccc1. The van der Waals surface area contributed by atoms with Crippen molar-refractivity contribution in [1.82, 2.24) is 4.90 Å². The normalized spacial score (nSPS) is 16.1. The highest BCUT2D eigenvalue weighted by molar-refractivity contribution is 6.33. The Morgan fingerprint density at radius 3 is 1.56 bits per heavy atom. The Morgan fingerprint density at radius 2 is 1.04 bits per heavy atom. The summed E-state index contributed by atoms with van der Waals surface area (Å²) in [6.07, 6.45) is -0.206. The van der Waals surface area contributed by atoms with Gasteiger partial charge in [-0.2, -0.15) is 0 Å². The second-order valence-corrected chi connectivity index (χ2v) is 21.6. The standard InChI is InChI=1S/C62H70NO9/c1-8-51(65)38-48(35-43-21-12-9-13-22-43)56(69)62(58(71)60(5,6)7,57(70)50(40-54(67)63-31-33-72-34-32-63)37-47-29-20-28-46-27-18-19-30-52(46)47)61(42-64,41-45-25-16-11-17-26-45)55(68)49(39-53(66)59(2,3)4)36-44-23-14-10-15-24-44/h9-30,48-50H,8,31-41H2,1-7H3. The summed E-state index contributed by atoms with van der Waals surface area (Å²) in [6.45, 7) is 12.5. The first-order valence-corrected chi connectivity index (χ1v) is 25.3. The first-order chi connectivity index (χ1) is 34.3. The minimum atomic E-state index is -3.21. The van der Waals surface area contributed by atoms with E-state index in [4.69, 9.17) is 4.74 Å². The average Bonchev–Trinajstić information content (AvgIpc) is 3.38. The number of Topliss-reactive ketones (excluding diaryl/α,β-unsaturated/α-hetero) is 6. The van der Waals surface area contributed by atoms with E-state index in [-0.39, 0.29) is 63.6 Å². The fourth-order valence-corrected chi connectivity index (χ4v) is 10.4. The third kappa shape index (κ3) is 12.4. The van der Waals surface area contributed by atoms with Crippen molar-refractivity contribution in [3.63, 3.8) is 0 Å². The molecule has 0 saturated carbocycles. The van der Waals surface area contributed by atoms with Crippen molar-refractivity contribution in [2.75, 3.05) is 26.3 Å². The summed E-state index contributed by atoms with van der Waals surface area (Å²) in [7, 11) is 0. The van der Waals surface area contributed by atoms with E-state index in [1.807, 2.05) is 48.5 Å². The lowest BCUT2D eigenvalue weighted by Gasteiger charge is -2.49. The number of ketones is 6. The first-order valence-electron chi connectivity index (χ1n) is 25.3. The number of carbonyl (C=O) groups is 7. The molecule has 10 nitrogen and oxygen atoms in total. The van der Waals surface area contributed by atoms with Gasteiger partial charge in [0.25, 0.3) is 0 Å². The number of amides is 1. The smallest absolute Gasteiger partial charge is 0.223 e. The molecule has 1 fully saturated rings. The Labute approximate surface area is 425 Å². The van der Waals surface area contributed by atoms with Gasteiger partial charge in [-0.1, -0.05) is 182 Å².